The summed E-state index contributed by atoms with van der Waals surface area (Å²) in [7, 11) is -3.56. The number of piperidine rings is 1. The molecule has 0 saturated carbocycles. The SMILES string of the molecule is O=S(=O)(c1cncc(Cl)c1)N1CCC(c2nnc3n2CCNC3)CC1. The predicted octanol–water partition coefficient (Wildman–Crippen LogP) is 0.998. The molecule has 0 unspecified atom stereocenters. The first-order valence-electron chi connectivity index (χ1n) is 8.29. The van der Waals surface area contributed by atoms with Crippen LogP contribution in [-0.2, 0) is 23.1 Å². The number of hydrogen-bond donors (Lipinski definition) is 1. The normalized spacial score (nSPS) is 19.7. The topological polar surface area (TPSA) is 93.0 Å². The molecule has 1 saturated heterocycles. The van der Waals surface area contributed by atoms with Crippen LogP contribution < -0.4 is 5.32 Å². The van der Waals surface area contributed by atoms with E-state index in [0.29, 0.717) is 18.1 Å². The maximum absolute atomic E-state index is 12.8. The van der Waals surface area contributed by atoms with E-state index in [1.807, 2.05) is 0 Å². The molecule has 2 aliphatic heterocycles. The molecule has 0 aromatic carbocycles. The molecular formula is C15H19ClN6O2S. The molecule has 0 atom stereocenters. The fourth-order valence-corrected chi connectivity index (χ4v) is 5.15. The number of fused-ring (bicyclic) bond motifs is 1. The van der Waals surface area contributed by atoms with Crippen molar-refractivity contribution in [3.8, 4) is 0 Å². The highest BCUT2D eigenvalue weighted by atomic mass is 35.5. The average molecular weight is 383 g/mol. The van der Waals surface area contributed by atoms with Crippen LogP contribution in [-0.4, -0.2) is 52.1 Å². The van der Waals surface area contributed by atoms with Gasteiger partial charge in [-0.1, -0.05) is 11.6 Å². The highest BCUT2D eigenvalue weighted by Crippen LogP contribution is 2.30. The zero-order chi connectivity index (χ0) is 17.4. The first kappa shape index (κ1) is 16.9. The first-order chi connectivity index (χ1) is 12.1. The summed E-state index contributed by atoms with van der Waals surface area (Å²) in [6.07, 6.45) is 4.24. The Morgan fingerprint density at radius 2 is 1.96 bits per heavy atom. The number of halogens is 1. The summed E-state index contributed by atoms with van der Waals surface area (Å²) in [5.74, 6) is 2.18. The Hall–Kier alpha value is -1.55. The molecule has 0 radical (unpaired) electrons. The van der Waals surface area contributed by atoms with E-state index in [1.54, 1.807) is 0 Å². The Labute approximate surface area is 151 Å². The summed E-state index contributed by atoms with van der Waals surface area (Å²) < 4.78 is 29.2. The van der Waals surface area contributed by atoms with E-state index in [-0.39, 0.29) is 10.8 Å². The van der Waals surface area contributed by atoms with Gasteiger partial charge in [0.05, 0.1) is 11.6 Å². The van der Waals surface area contributed by atoms with Crippen LogP contribution >= 0.6 is 11.6 Å². The lowest BCUT2D eigenvalue weighted by atomic mass is 9.97. The van der Waals surface area contributed by atoms with Crippen LogP contribution in [0, 0.1) is 0 Å². The summed E-state index contributed by atoms with van der Waals surface area (Å²) in [4.78, 5) is 4.03. The van der Waals surface area contributed by atoms with E-state index in [0.717, 1.165) is 44.1 Å². The van der Waals surface area contributed by atoms with Gasteiger partial charge in [-0.25, -0.2) is 8.42 Å². The lowest BCUT2D eigenvalue weighted by Gasteiger charge is -2.31. The summed E-state index contributed by atoms with van der Waals surface area (Å²) in [5.41, 5.74) is 0. The van der Waals surface area contributed by atoms with E-state index >= 15 is 0 Å². The molecule has 0 amide bonds. The molecule has 0 bridgehead atoms. The molecule has 2 aromatic heterocycles. The molecule has 0 aliphatic carbocycles. The number of hydrogen-bond acceptors (Lipinski definition) is 6. The molecule has 10 heteroatoms. The Bertz CT molecular complexity index is 876. The second kappa shape index (κ2) is 6.64. The highest BCUT2D eigenvalue weighted by molar-refractivity contribution is 7.89. The van der Waals surface area contributed by atoms with Gasteiger partial charge >= 0.3 is 0 Å². The Morgan fingerprint density at radius 1 is 1.16 bits per heavy atom. The van der Waals surface area contributed by atoms with Crippen LogP contribution in [0.2, 0.25) is 5.02 Å². The van der Waals surface area contributed by atoms with Crippen molar-refractivity contribution >= 4 is 21.6 Å². The van der Waals surface area contributed by atoms with Crippen LogP contribution in [0.4, 0.5) is 0 Å². The smallest absolute Gasteiger partial charge is 0.244 e. The van der Waals surface area contributed by atoms with Crippen molar-refractivity contribution in [1.29, 1.82) is 0 Å². The van der Waals surface area contributed by atoms with Crippen LogP contribution in [0.25, 0.3) is 0 Å². The van der Waals surface area contributed by atoms with Crippen molar-refractivity contribution in [2.45, 2.75) is 36.7 Å². The molecule has 2 aromatic rings. The van der Waals surface area contributed by atoms with E-state index in [9.17, 15) is 8.42 Å². The molecule has 4 heterocycles. The Kier molecular flexibility index (Phi) is 4.48. The van der Waals surface area contributed by atoms with Gasteiger partial charge in [-0.15, -0.1) is 10.2 Å². The van der Waals surface area contributed by atoms with Crippen molar-refractivity contribution in [2.75, 3.05) is 19.6 Å². The lowest BCUT2D eigenvalue weighted by Crippen LogP contribution is -2.38. The van der Waals surface area contributed by atoms with Gasteiger partial charge in [0.2, 0.25) is 10.0 Å². The van der Waals surface area contributed by atoms with E-state index in [1.165, 1.54) is 22.8 Å². The van der Waals surface area contributed by atoms with E-state index in [4.69, 9.17) is 11.6 Å². The maximum Gasteiger partial charge on any atom is 0.244 e. The molecule has 8 nitrogen and oxygen atoms in total. The van der Waals surface area contributed by atoms with Gasteiger partial charge in [-0.2, -0.15) is 4.31 Å². The van der Waals surface area contributed by atoms with Crippen molar-refractivity contribution in [1.82, 2.24) is 29.4 Å². The standard InChI is InChI=1S/C15H19ClN6O2S/c16-12-7-13(9-18-8-12)25(23,24)21-4-1-11(2-5-21)15-20-19-14-10-17-3-6-22(14)15/h7-9,11,17H,1-6,10H2. The van der Waals surface area contributed by atoms with Crippen LogP contribution in [0.3, 0.4) is 0 Å². The minimum atomic E-state index is -3.56. The molecule has 25 heavy (non-hydrogen) atoms. The fraction of sp³-hybridized carbons (Fsp3) is 0.533. The maximum atomic E-state index is 12.8. The van der Waals surface area contributed by atoms with Gasteiger partial charge in [0, 0.05) is 44.5 Å². The van der Waals surface area contributed by atoms with Gasteiger partial charge < -0.3 is 9.88 Å². The fourth-order valence-electron chi connectivity index (χ4n) is 3.45. The van der Waals surface area contributed by atoms with Gasteiger partial charge in [-0.3, -0.25) is 4.98 Å². The van der Waals surface area contributed by atoms with E-state index < -0.39 is 10.0 Å². The van der Waals surface area contributed by atoms with Gasteiger partial charge in [0.15, 0.2) is 0 Å². The number of nitrogens with one attached hydrogen (secondary N) is 1. The quantitative estimate of drug-likeness (QED) is 0.851. The summed E-state index contributed by atoms with van der Waals surface area (Å²) >= 11 is 5.88. The predicted molar refractivity (Wildman–Crippen MR) is 91.7 cm³/mol. The number of pyridine rings is 1. The molecule has 1 fully saturated rings. The third kappa shape index (κ3) is 3.17. The Morgan fingerprint density at radius 3 is 2.72 bits per heavy atom. The highest BCUT2D eigenvalue weighted by Gasteiger charge is 2.32. The first-order valence-corrected chi connectivity index (χ1v) is 10.1. The molecule has 1 N–H and O–H groups in total. The van der Waals surface area contributed by atoms with Crippen molar-refractivity contribution in [3.63, 3.8) is 0 Å². The summed E-state index contributed by atoms with van der Waals surface area (Å²) in [6.45, 7) is 3.43. The monoisotopic (exact) mass is 382 g/mol. The second-order valence-electron chi connectivity index (χ2n) is 6.32. The Balaban J connectivity index is 1.49. The largest absolute Gasteiger partial charge is 0.312 e. The van der Waals surface area contributed by atoms with Crippen LogP contribution in [0.1, 0.15) is 30.4 Å². The third-order valence-electron chi connectivity index (χ3n) is 4.79. The minimum Gasteiger partial charge on any atom is -0.312 e. The zero-order valence-corrected chi connectivity index (χ0v) is 15.2. The molecule has 134 valence electrons. The number of rotatable bonds is 3. The number of nitrogens with zero attached hydrogens (tertiary/aromatic N) is 5. The molecule has 0 spiro atoms. The summed E-state index contributed by atoms with van der Waals surface area (Å²) in [6, 6.07) is 1.44. The minimum absolute atomic E-state index is 0.143. The number of sulfonamides is 1. The number of aromatic nitrogens is 4. The summed E-state index contributed by atoms with van der Waals surface area (Å²) in [5, 5.41) is 12.2. The van der Waals surface area contributed by atoms with Gasteiger partial charge in [0.25, 0.3) is 0 Å². The van der Waals surface area contributed by atoms with Crippen LogP contribution in [0.15, 0.2) is 23.4 Å². The molecule has 2 aliphatic rings. The van der Waals surface area contributed by atoms with Gasteiger partial charge in [-0.05, 0) is 18.9 Å². The zero-order valence-electron chi connectivity index (χ0n) is 13.6. The third-order valence-corrected chi connectivity index (χ3v) is 6.86. The van der Waals surface area contributed by atoms with Crippen molar-refractivity contribution < 1.29 is 8.42 Å². The lowest BCUT2D eigenvalue weighted by molar-refractivity contribution is 0.307. The molecular weight excluding hydrogens is 364 g/mol. The van der Waals surface area contributed by atoms with Crippen LogP contribution in [0.5, 0.6) is 0 Å². The van der Waals surface area contributed by atoms with E-state index in [2.05, 4.69) is 25.1 Å². The average Bonchev–Trinajstić information content (AvgIpc) is 3.06. The second-order valence-corrected chi connectivity index (χ2v) is 8.69. The molecule has 4 rings (SSSR count). The van der Waals surface area contributed by atoms with Gasteiger partial charge in [0.1, 0.15) is 16.5 Å². The van der Waals surface area contributed by atoms with Crippen molar-refractivity contribution in [3.05, 3.63) is 35.1 Å². The van der Waals surface area contributed by atoms with Crippen molar-refractivity contribution in [2.24, 2.45) is 0 Å².